The molecule has 0 amide bonds. The van der Waals surface area contributed by atoms with E-state index in [0.29, 0.717) is 5.56 Å². The van der Waals surface area contributed by atoms with Gasteiger partial charge in [-0.2, -0.15) is 12.2 Å². The molecular weight excluding hydrogens is 578 g/mol. The zero-order valence-electron chi connectivity index (χ0n) is 26.9. The van der Waals surface area contributed by atoms with E-state index in [4.69, 9.17) is 5.11 Å². The lowest BCUT2D eigenvalue weighted by Crippen LogP contribution is -2.44. The highest BCUT2D eigenvalue weighted by atomic mass is 32.7. The molecule has 1 fully saturated rings. The van der Waals surface area contributed by atoms with Gasteiger partial charge in [-0.25, -0.2) is 4.79 Å². The third-order valence-electron chi connectivity index (χ3n) is 6.67. The van der Waals surface area contributed by atoms with E-state index >= 15 is 0 Å². The van der Waals surface area contributed by atoms with Gasteiger partial charge in [0, 0.05) is 38.9 Å². The molecular formula is C33H60N4O2P2S. The molecule has 2 aliphatic heterocycles. The minimum atomic E-state index is -0.857. The molecule has 2 N–H and O–H groups in total. The molecule has 0 aliphatic carbocycles. The maximum Gasteiger partial charge on any atom is 0.335 e. The van der Waals surface area contributed by atoms with Gasteiger partial charge in [0.1, 0.15) is 6.17 Å². The Morgan fingerprint density at radius 3 is 1.98 bits per heavy atom. The van der Waals surface area contributed by atoms with Gasteiger partial charge in [-0.05, 0) is 80.3 Å². The van der Waals surface area contributed by atoms with Crippen molar-refractivity contribution in [3.8, 4) is 0 Å². The monoisotopic (exact) mass is 638 g/mol. The summed E-state index contributed by atoms with van der Waals surface area (Å²) in [5, 5.41) is 13.5. The van der Waals surface area contributed by atoms with Crippen molar-refractivity contribution in [3.05, 3.63) is 53.6 Å². The smallest absolute Gasteiger partial charge is 0.335 e. The van der Waals surface area contributed by atoms with Crippen LogP contribution in [-0.4, -0.2) is 67.7 Å². The van der Waals surface area contributed by atoms with Crippen LogP contribution in [0.5, 0.6) is 0 Å². The summed E-state index contributed by atoms with van der Waals surface area (Å²) in [5.74, 6) is -0.115. The molecule has 2 unspecified atom stereocenters. The van der Waals surface area contributed by atoms with Crippen LogP contribution in [0.2, 0.25) is 0 Å². The number of carboxylic acid groups (broad SMARTS) is 1. The van der Waals surface area contributed by atoms with Crippen LogP contribution in [-0.2, 0) is 6.42 Å². The van der Waals surface area contributed by atoms with Crippen LogP contribution in [0, 0.1) is 5.92 Å². The van der Waals surface area contributed by atoms with E-state index in [1.807, 2.05) is 39.8 Å². The van der Waals surface area contributed by atoms with Crippen molar-refractivity contribution in [2.75, 3.05) is 55.4 Å². The van der Waals surface area contributed by atoms with Gasteiger partial charge < -0.3 is 25.1 Å². The lowest BCUT2D eigenvalue weighted by atomic mass is 9.92. The number of hydrogen-bond donors (Lipinski definition) is 3. The number of benzene rings is 2. The Balaban J connectivity index is 0. The van der Waals surface area contributed by atoms with Crippen LogP contribution in [0.15, 0.2) is 42.5 Å². The zero-order valence-corrected chi connectivity index (χ0v) is 29.9. The predicted octanol–water partition coefficient (Wildman–Crippen LogP) is 8.72. The van der Waals surface area contributed by atoms with Crippen molar-refractivity contribution in [2.45, 2.75) is 81.3 Å². The van der Waals surface area contributed by atoms with Gasteiger partial charge in [-0.15, -0.1) is 8.86 Å². The molecule has 4 rings (SSSR count). The normalized spacial score (nSPS) is 14.6. The molecule has 9 heteroatoms. The van der Waals surface area contributed by atoms with E-state index in [0.717, 1.165) is 38.5 Å². The number of rotatable bonds is 9. The molecule has 2 aromatic carbocycles. The number of likely N-dealkylation sites (tertiary alicyclic amines) is 1. The maximum atomic E-state index is 10.6. The quantitative estimate of drug-likeness (QED) is 0.189. The SMILES string of the molecule is C.CC.CC.CCCN(CCC)c1ccc2c(c1)NC(C(C)=P)N2C.CN1CC(Cc2ccc(C(=O)O)cc2)C1.PS. The number of fused-ring (bicyclic) bond motifs is 1. The molecule has 0 bridgehead atoms. The first-order chi connectivity index (χ1) is 19.7. The van der Waals surface area contributed by atoms with Crippen molar-refractivity contribution in [1.29, 1.82) is 0 Å². The lowest BCUT2D eigenvalue weighted by Gasteiger charge is -2.36. The number of thiol groups is 1. The van der Waals surface area contributed by atoms with E-state index in [1.54, 1.807) is 12.1 Å². The van der Waals surface area contributed by atoms with Crippen LogP contribution >= 0.6 is 29.6 Å². The summed E-state index contributed by atoms with van der Waals surface area (Å²) in [4.78, 5) is 17.7. The van der Waals surface area contributed by atoms with Gasteiger partial charge in [0.2, 0.25) is 0 Å². The minimum Gasteiger partial charge on any atom is -0.478 e. The number of anilines is 3. The molecule has 1 saturated heterocycles. The Kier molecular flexibility index (Phi) is 23.8. The highest BCUT2D eigenvalue weighted by Crippen LogP contribution is 2.37. The molecule has 2 aliphatic rings. The van der Waals surface area contributed by atoms with Gasteiger partial charge in [0.25, 0.3) is 0 Å². The fraction of sp³-hybridized carbons (Fsp3) is 0.576. The lowest BCUT2D eigenvalue weighted by molar-refractivity contribution is 0.0697. The van der Waals surface area contributed by atoms with Crippen molar-refractivity contribution >= 4 is 57.9 Å². The fourth-order valence-corrected chi connectivity index (χ4v) is 5.18. The second kappa shape index (κ2) is 23.6. The van der Waals surface area contributed by atoms with Crippen molar-refractivity contribution in [3.63, 3.8) is 0 Å². The van der Waals surface area contributed by atoms with Crippen LogP contribution < -0.4 is 15.1 Å². The van der Waals surface area contributed by atoms with Gasteiger partial charge in [-0.3, -0.25) is 0 Å². The van der Waals surface area contributed by atoms with Gasteiger partial charge >= 0.3 is 5.97 Å². The highest BCUT2D eigenvalue weighted by molar-refractivity contribution is 8.31. The Labute approximate surface area is 268 Å². The Morgan fingerprint density at radius 1 is 1.02 bits per heavy atom. The van der Waals surface area contributed by atoms with E-state index in [1.165, 1.54) is 40.8 Å². The third-order valence-corrected chi connectivity index (χ3v) is 6.94. The first-order valence-electron chi connectivity index (χ1n) is 14.9. The minimum absolute atomic E-state index is 0. The third kappa shape index (κ3) is 13.2. The summed E-state index contributed by atoms with van der Waals surface area (Å²) < 4.78 is 0. The van der Waals surface area contributed by atoms with Gasteiger partial charge in [0.05, 0.1) is 16.9 Å². The second-order valence-electron chi connectivity index (χ2n) is 9.82. The molecule has 0 aromatic heterocycles. The van der Waals surface area contributed by atoms with E-state index < -0.39 is 5.97 Å². The number of nitrogens with zero attached hydrogens (tertiary/aromatic N) is 3. The summed E-state index contributed by atoms with van der Waals surface area (Å²) in [6.45, 7) is 19.1. The molecule has 2 aromatic rings. The molecule has 240 valence electrons. The van der Waals surface area contributed by atoms with Gasteiger partial charge in [-0.1, -0.05) is 69.5 Å². The second-order valence-corrected chi connectivity index (χ2v) is 10.6. The first kappa shape index (κ1) is 42.4. The van der Waals surface area contributed by atoms with Crippen LogP contribution in [0.25, 0.3) is 0 Å². The Hall–Kier alpha value is -1.78. The molecule has 42 heavy (non-hydrogen) atoms. The summed E-state index contributed by atoms with van der Waals surface area (Å²) in [5.41, 5.74) is 5.41. The molecule has 0 radical (unpaired) electrons. The summed E-state index contributed by atoms with van der Waals surface area (Å²) in [6.07, 6.45) is 3.66. The van der Waals surface area contributed by atoms with Crippen molar-refractivity contribution < 1.29 is 9.90 Å². The number of hydrogen-bond acceptors (Lipinski definition) is 6. The first-order valence-corrected chi connectivity index (χ1v) is 17.5. The number of nitrogens with one attached hydrogen (secondary N) is 1. The largest absolute Gasteiger partial charge is 0.478 e. The average Bonchev–Trinajstić information content (AvgIpc) is 3.32. The summed E-state index contributed by atoms with van der Waals surface area (Å²) in [7, 11) is 10.0. The summed E-state index contributed by atoms with van der Waals surface area (Å²) in [6, 6.07) is 14.0. The standard InChI is InChI=1S/C16H26N3P.C12H15NO2.2C2H6.CH4.H3PS/c1-5-9-19(10-6-2)13-7-8-15-14(11-13)17-16(12(3)20)18(15)4;1-13-7-10(8-13)6-9-2-4-11(5-3-9)12(14)15;2*1-2;;1-2/h7-8,11,16-17,20H,5-6,9-10H2,1-4H3;2-5,10H,6-8H2,1H3,(H,14,15);2*1-2H3;1H4;2H,1H2. The Morgan fingerprint density at radius 2 is 1.55 bits per heavy atom. The summed E-state index contributed by atoms with van der Waals surface area (Å²) >= 11 is 3.44. The van der Waals surface area contributed by atoms with E-state index in [9.17, 15) is 4.79 Å². The Bertz CT molecular complexity index is 1010. The molecule has 0 saturated carbocycles. The van der Waals surface area contributed by atoms with E-state index in [2.05, 4.69) is 103 Å². The van der Waals surface area contributed by atoms with E-state index in [-0.39, 0.29) is 13.6 Å². The number of carboxylic acids is 1. The van der Waals surface area contributed by atoms with Crippen molar-refractivity contribution in [2.24, 2.45) is 5.92 Å². The van der Waals surface area contributed by atoms with Crippen LogP contribution in [0.4, 0.5) is 17.1 Å². The topological polar surface area (TPSA) is 59.0 Å². The highest BCUT2D eigenvalue weighted by Gasteiger charge is 2.27. The fourth-order valence-electron chi connectivity index (χ4n) is 4.91. The molecule has 2 heterocycles. The number of aromatic carboxylic acids is 1. The van der Waals surface area contributed by atoms with Crippen LogP contribution in [0.3, 0.4) is 0 Å². The van der Waals surface area contributed by atoms with Gasteiger partial charge in [0.15, 0.2) is 0 Å². The zero-order chi connectivity index (χ0) is 31.5. The van der Waals surface area contributed by atoms with Crippen molar-refractivity contribution in [1.82, 2.24) is 4.90 Å². The maximum absolute atomic E-state index is 10.6. The molecule has 6 nitrogen and oxygen atoms in total. The molecule has 2 atom stereocenters. The van der Waals surface area contributed by atoms with Crippen LogP contribution in [0.1, 0.15) is 84.7 Å². The number of carbonyl (C=O) groups is 1. The predicted molar refractivity (Wildman–Crippen MR) is 200 cm³/mol. The average molecular weight is 639 g/mol. The molecule has 0 spiro atoms.